The van der Waals surface area contributed by atoms with Crippen LogP contribution in [0.15, 0.2) is 30.7 Å². The maximum Gasteiger partial charge on any atom is 0.112 e. The summed E-state index contributed by atoms with van der Waals surface area (Å²) in [7, 11) is 0. The van der Waals surface area contributed by atoms with Gasteiger partial charge in [-0.15, -0.1) is 0 Å². The first-order valence-electron chi connectivity index (χ1n) is 5.82. The summed E-state index contributed by atoms with van der Waals surface area (Å²) in [5.74, 6) is 1.81. The van der Waals surface area contributed by atoms with E-state index in [0.29, 0.717) is 5.92 Å². The molecule has 0 aromatic carbocycles. The van der Waals surface area contributed by atoms with Crippen molar-refractivity contribution in [1.82, 2.24) is 14.5 Å². The minimum Gasteiger partial charge on any atom is -0.334 e. The monoisotopic (exact) mass is 213 g/mol. The molecule has 16 heavy (non-hydrogen) atoms. The molecule has 2 aromatic heterocycles. The van der Waals surface area contributed by atoms with Crippen LogP contribution in [0.3, 0.4) is 0 Å². The van der Waals surface area contributed by atoms with Gasteiger partial charge in [0.2, 0.25) is 0 Å². The average Bonchev–Trinajstić information content (AvgIpc) is 2.76. The van der Waals surface area contributed by atoms with Gasteiger partial charge in [0, 0.05) is 36.6 Å². The SMILES string of the molecule is C[C@H]1CCCn2cc(-c3cccnc3)nc21. The molecule has 3 nitrogen and oxygen atoms in total. The molecule has 2 aromatic rings. The van der Waals surface area contributed by atoms with Gasteiger partial charge in [0.05, 0.1) is 5.69 Å². The lowest BCUT2D eigenvalue weighted by Gasteiger charge is -2.19. The van der Waals surface area contributed by atoms with Crippen LogP contribution in [0.2, 0.25) is 0 Å². The van der Waals surface area contributed by atoms with Crippen LogP contribution < -0.4 is 0 Å². The van der Waals surface area contributed by atoms with Gasteiger partial charge in [0.15, 0.2) is 0 Å². The molecule has 3 heteroatoms. The number of hydrogen-bond donors (Lipinski definition) is 0. The number of imidazole rings is 1. The molecule has 82 valence electrons. The third-order valence-electron chi connectivity index (χ3n) is 3.24. The normalized spacial score (nSPS) is 19.4. The summed E-state index contributed by atoms with van der Waals surface area (Å²) in [5, 5.41) is 0. The van der Waals surface area contributed by atoms with E-state index >= 15 is 0 Å². The number of aromatic nitrogens is 3. The summed E-state index contributed by atoms with van der Waals surface area (Å²) in [6.07, 6.45) is 8.34. The summed E-state index contributed by atoms with van der Waals surface area (Å²) >= 11 is 0. The van der Waals surface area contributed by atoms with Gasteiger partial charge in [0.1, 0.15) is 5.82 Å². The van der Waals surface area contributed by atoms with Crippen LogP contribution in [0.4, 0.5) is 0 Å². The fourth-order valence-electron chi connectivity index (χ4n) is 2.35. The van der Waals surface area contributed by atoms with Gasteiger partial charge < -0.3 is 4.57 Å². The highest BCUT2D eigenvalue weighted by Gasteiger charge is 2.19. The Bertz CT molecular complexity index is 487. The van der Waals surface area contributed by atoms with Crippen molar-refractivity contribution < 1.29 is 0 Å². The molecule has 1 atom stereocenters. The molecule has 0 saturated heterocycles. The highest BCUT2D eigenvalue weighted by molar-refractivity contribution is 5.57. The van der Waals surface area contributed by atoms with E-state index in [9.17, 15) is 0 Å². The lowest BCUT2D eigenvalue weighted by Crippen LogP contribution is -2.12. The molecular weight excluding hydrogens is 198 g/mol. The molecule has 1 aliphatic heterocycles. The number of fused-ring (bicyclic) bond motifs is 1. The quantitative estimate of drug-likeness (QED) is 0.729. The third-order valence-corrected chi connectivity index (χ3v) is 3.24. The van der Waals surface area contributed by atoms with E-state index < -0.39 is 0 Å². The molecule has 0 bridgehead atoms. The number of hydrogen-bond acceptors (Lipinski definition) is 2. The predicted molar refractivity (Wildman–Crippen MR) is 63.1 cm³/mol. The van der Waals surface area contributed by atoms with Gasteiger partial charge in [-0.3, -0.25) is 4.98 Å². The van der Waals surface area contributed by atoms with Crippen molar-refractivity contribution in [2.75, 3.05) is 0 Å². The van der Waals surface area contributed by atoms with Crippen LogP contribution >= 0.6 is 0 Å². The van der Waals surface area contributed by atoms with Crippen molar-refractivity contribution in [3.8, 4) is 11.3 Å². The minimum absolute atomic E-state index is 0.583. The predicted octanol–water partition coefficient (Wildman–Crippen LogP) is 2.84. The zero-order chi connectivity index (χ0) is 11.0. The second kappa shape index (κ2) is 3.74. The van der Waals surface area contributed by atoms with Crippen molar-refractivity contribution in [1.29, 1.82) is 0 Å². The average molecular weight is 213 g/mol. The van der Waals surface area contributed by atoms with Gasteiger partial charge in [-0.1, -0.05) is 6.92 Å². The van der Waals surface area contributed by atoms with Crippen molar-refractivity contribution >= 4 is 0 Å². The Labute approximate surface area is 95.2 Å². The number of rotatable bonds is 1. The molecule has 0 N–H and O–H groups in total. The Balaban J connectivity index is 2.05. The van der Waals surface area contributed by atoms with Crippen LogP contribution in [-0.4, -0.2) is 14.5 Å². The first-order chi connectivity index (χ1) is 7.84. The second-order valence-electron chi connectivity index (χ2n) is 4.46. The van der Waals surface area contributed by atoms with E-state index in [1.807, 2.05) is 12.3 Å². The Morgan fingerprint density at radius 2 is 2.38 bits per heavy atom. The highest BCUT2D eigenvalue weighted by Crippen LogP contribution is 2.28. The molecule has 0 spiro atoms. The standard InChI is InChI=1S/C13H15N3/c1-10-4-3-7-16-9-12(15-13(10)16)11-5-2-6-14-8-11/h2,5-6,8-10H,3-4,7H2,1H3/t10-/m0/s1. The fourth-order valence-corrected chi connectivity index (χ4v) is 2.35. The minimum atomic E-state index is 0.583. The molecule has 0 radical (unpaired) electrons. The highest BCUT2D eigenvalue weighted by atomic mass is 15.1. The molecule has 0 saturated carbocycles. The van der Waals surface area contributed by atoms with Gasteiger partial charge in [-0.05, 0) is 25.0 Å². The Kier molecular flexibility index (Phi) is 2.24. The zero-order valence-electron chi connectivity index (χ0n) is 9.43. The van der Waals surface area contributed by atoms with Crippen LogP contribution in [0.5, 0.6) is 0 Å². The summed E-state index contributed by atoms with van der Waals surface area (Å²) in [6.45, 7) is 3.36. The third kappa shape index (κ3) is 1.52. The first-order valence-corrected chi connectivity index (χ1v) is 5.82. The van der Waals surface area contributed by atoms with Gasteiger partial charge in [-0.2, -0.15) is 0 Å². The largest absolute Gasteiger partial charge is 0.334 e. The molecule has 0 amide bonds. The Morgan fingerprint density at radius 3 is 3.12 bits per heavy atom. The van der Waals surface area contributed by atoms with Gasteiger partial charge in [0.25, 0.3) is 0 Å². The van der Waals surface area contributed by atoms with Crippen LogP contribution in [0.25, 0.3) is 11.3 Å². The lowest BCUT2D eigenvalue weighted by atomic mass is 10.0. The molecule has 3 rings (SSSR count). The molecule has 1 aliphatic rings. The summed E-state index contributed by atoms with van der Waals surface area (Å²) in [5.41, 5.74) is 2.16. The van der Waals surface area contributed by atoms with E-state index in [-0.39, 0.29) is 0 Å². The summed E-state index contributed by atoms with van der Waals surface area (Å²) < 4.78 is 2.29. The van der Waals surface area contributed by atoms with E-state index in [2.05, 4.69) is 28.7 Å². The van der Waals surface area contributed by atoms with Crippen molar-refractivity contribution in [2.24, 2.45) is 0 Å². The van der Waals surface area contributed by atoms with Crippen molar-refractivity contribution in [2.45, 2.75) is 32.2 Å². The summed E-state index contributed by atoms with van der Waals surface area (Å²) in [4.78, 5) is 8.86. The van der Waals surface area contributed by atoms with Gasteiger partial charge >= 0.3 is 0 Å². The van der Waals surface area contributed by atoms with E-state index in [1.54, 1.807) is 6.20 Å². The smallest absolute Gasteiger partial charge is 0.112 e. The topological polar surface area (TPSA) is 30.7 Å². The molecular formula is C13H15N3. The Morgan fingerprint density at radius 1 is 1.44 bits per heavy atom. The van der Waals surface area contributed by atoms with Crippen LogP contribution in [-0.2, 0) is 6.54 Å². The Hall–Kier alpha value is -1.64. The maximum absolute atomic E-state index is 4.72. The number of aryl methyl sites for hydroxylation is 1. The zero-order valence-corrected chi connectivity index (χ0v) is 9.43. The molecule has 3 heterocycles. The molecule has 0 unspecified atom stereocenters. The lowest BCUT2D eigenvalue weighted by molar-refractivity contribution is 0.463. The first kappa shape index (κ1) is 9.58. The van der Waals surface area contributed by atoms with E-state index in [4.69, 9.17) is 4.98 Å². The van der Waals surface area contributed by atoms with Crippen LogP contribution in [0, 0.1) is 0 Å². The van der Waals surface area contributed by atoms with E-state index in [0.717, 1.165) is 17.8 Å². The van der Waals surface area contributed by atoms with E-state index in [1.165, 1.54) is 18.7 Å². The molecule has 0 aliphatic carbocycles. The second-order valence-corrected chi connectivity index (χ2v) is 4.46. The van der Waals surface area contributed by atoms with Crippen LogP contribution in [0.1, 0.15) is 31.5 Å². The maximum atomic E-state index is 4.72. The number of pyridine rings is 1. The van der Waals surface area contributed by atoms with Gasteiger partial charge in [-0.25, -0.2) is 4.98 Å². The summed E-state index contributed by atoms with van der Waals surface area (Å²) in [6, 6.07) is 4.02. The molecule has 0 fully saturated rings. The fraction of sp³-hybridized carbons (Fsp3) is 0.385. The number of nitrogens with zero attached hydrogens (tertiary/aromatic N) is 3. The van der Waals surface area contributed by atoms with Crippen molar-refractivity contribution in [3.63, 3.8) is 0 Å². The van der Waals surface area contributed by atoms with Crippen molar-refractivity contribution in [3.05, 3.63) is 36.5 Å².